The molecule has 0 saturated heterocycles. The molecular formula is C13H16BrNO2. The van der Waals surface area contributed by atoms with Crippen molar-refractivity contribution in [3.05, 3.63) is 28.2 Å². The predicted octanol–water partition coefficient (Wildman–Crippen LogP) is 2.88. The summed E-state index contributed by atoms with van der Waals surface area (Å²) in [6.07, 6.45) is 5.07. The fourth-order valence-electron chi connectivity index (χ4n) is 2.02. The number of benzene rings is 1. The van der Waals surface area contributed by atoms with Gasteiger partial charge in [-0.05, 0) is 43.9 Å². The number of aromatic hydroxyl groups is 1. The molecule has 1 fully saturated rings. The maximum absolute atomic E-state index is 9.65. The van der Waals surface area contributed by atoms with Gasteiger partial charge in [-0.1, -0.05) is 15.9 Å². The number of hydrogen-bond donors (Lipinski definition) is 2. The summed E-state index contributed by atoms with van der Waals surface area (Å²) in [5.74, 6) is 0.243. The Morgan fingerprint density at radius 2 is 1.94 bits per heavy atom. The summed E-state index contributed by atoms with van der Waals surface area (Å²) in [6.45, 7) is 0. The Balaban J connectivity index is 2.02. The van der Waals surface area contributed by atoms with Gasteiger partial charge in [0.1, 0.15) is 5.75 Å². The highest BCUT2D eigenvalue weighted by atomic mass is 79.9. The van der Waals surface area contributed by atoms with Crippen molar-refractivity contribution >= 4 is 22.1 Å². The number of phenols is 1. The van der Waals surface area contributed by atoms with Crippen LogP contribution in [0, 0.1) is 0 Å². The van der Waals surface area contributed by atoms with Crippen LogP contribution in [-0.4, -0.2) is 28.6 Å². The number of hydrogen-bond acceptors (Lipinski definition) is 3. The number of aliphatic hydroxyl groups excluding tert-OH is 1. The van der Waals surface area contributed by atoms with Crippen molar-refractivity contribution in [2.45, 2.75) is 37.8 Å². The van der Waals surface area contributed by atoms with Crippen molar-refractivity contribution in [1.82, 2.24) is 0 Å². The van der Waals surface area contributed by atoms with Crippen LogP contribution in [0.4, 0.5) is 0 Å². The number of phenolic OH excluding ortho intramolecular Hbond substituents is 1. The van der Waals surface area contributed by atoms with Crippen LogP contribution in [0.3, 0.4) is 0 Å². The van der Waals surface area contributed by atoms with Crippen molar-refractivity contribution in [3.63, 3.8) is 0 Å². The third-order valence-corrected chi connectivity index (χ3v) is 3.57. The summed E-state index contributed by atoms with van der Waals surface area (Å²) in [6, 6.07) is 5.56. The molecule has 2 N–H and O–H groups in total. The highest BCUT2D eigenvalue weighted by Crippen LogP contribution is 2.23. The molecule has 0 unspecified atom stereocenters. The second-order valence-corrected chi connectivity index (χ2v) is 5.36. The molecule has 0 radical (unpaired) electrons. The number of halogens is 1. The van der Waals surface area contributed by atoms with Gasteiger partial charge in [0.05, 0.1) is 12.1 Å². The Kier molecular flexibility index (Phi) is 4.18. The first kappa shape index (κ1) is 12.6. The minimum Gasteiger partial charge on any atom is -0.507 e. The summed E-state index contributed by atoms with van der Waals surface area (Å²) < 4.78 is 0.927. The highest BCUT2D eigenvalue weighted by molar-refractivity contribution is 9.10. The van der Waals surface area contributed by atoms with Crippen LogP contribution in [0.2, 0.25) is 0 Å². The summed E-state index contributed by atoms with van der Waals surface area (Å²) in [4.78, 5) is 4.47. The SMILES string of the molecule is Oc1ccc(Br)cc1C=NC1CCC(O)CC1. The first-order valence-electron chi connectivity index (χ1n) is 5.85. The number of nitrogens with zero attached hydrogens (tertiary/aromatic N) is 1. The van der Waals surface area contributed by atoms with Crippen molar-refractivity contribution in [3.8, 4) is 5.75 Å². The lowest BCUT2D eigenvalue weighted by molar-refractivity contribution is 0.123. The molecule has 0 atom stereocenters. The molecule has 0 bridgehead atoms. The zero-order valence-electron chi connectivity index (χ0n) is 9.51. The Hall–Kier alpha value is -0.870. The Labute approximate surface area is 109 Å². The van der Waals surface area contributed by atoms with E-state index >= 15 is 0 Å². The van der Waals surface area contributed by atoms with E-state index in [0.717, 1.165) is 35.7 Å². The molecule has 1 aliphatic rings. The van der Waals surface area contributed by atoms with Gasteiger partial charge in [0, 0.05) is 16.3 Å². The number of aliphatic imine (C=N–C) groups is 1. The highest BCUT2D eigenvalue weighted by Gasteiger charge is 2.17. The van der Waals surface area contributed by atoms with Crippen LogP contribution in [0.5, 0.6) is 5.75 Å². The molecule has 4 heteroatoms. The first-order valence-corrected chi connectivity index (χ1v) is 6.64. The van der Waals surface area contributed by atoms with Gasteiger partial charge in [-0.2, -0.15) is 0 Å². The van der Waals surface area contributed by atoms with E-state index in [1.54, 1.807) is 18.3 Å². The largest absolute Gasteiger partial charge is 0.507 e. The van der Waals surface area contributed by atoms with E-state index in [2.05, 4.69) is 20.9 Å². The van der Waals surface area contributed by atoms with E-state index in [4.69, 9.17) is 0 Å². The van der Waals surface area contributed by atoms with Gasteiger partial charge < -0.3 is 10.2 Å². The zero-order chi connectivity index (χ0) is 12.3. The second-order valence-electron chi connectivity index (χ2n) is 4.44. The lowest BCUT2D eigenvalue weighted by Crippen LogP contribution is -2.20. The first-order chi connectivity index (χ1) is 8.15. The van der Waals surface area contributed by atoms with Gasteiger partial charge in [0.25, 0.3) is 0 Å². The van der Waals surface area contributed by atoms with Crippen LogP contribution in [0.15, 0.2) is 27.7 Å². The van der Waals surface area contributed by atoms with Crippen LogP contribution in [-0.2, 0) is 0 Å². The fraction of sp³-hybridized carbons (Fsp3) is 0.462. The zero-order valence-corrected chi connectivity index (χ0v) is 11.1. The minimum atomic E-state index is -0.152. The maximum atomic E-state index is 9.65. The van der Waals surface area contributed by atoms with Gasteiger partial charge in [-0.15, -0.1) is 0 Å². The van der Waals surface area contributed by atoms with E-state index in [0.29, 0.717) is 0 Å². The number of rotatable bonds is 2. The van der Waals surface area contributed by atoms with Gasteiger partial charge in [-0.3, -0.25) is 4.99 Å². The monoisotopic (exact) mass is 297 g/mol. The fourth-order valence-corrected chi connectivity index (χ4v) is 2.40. The lowest BCUT2D eigenvalue weighted by Gasteiger charge is -2.22. The van der Waals surface area contributed by atoms with E-state index in [-0.39, 0.29) is 17.9 Å². The van der Waals surface area contributed by atoms with Gasteiger partial charge in [0.2, 0.25) is 0 Å². The Morgan fingerprint density at radius 3 is 2.65 bits per heavy atom. The molecule has 1 saturated carbocycles. The summed E-state index contributed by atoms with van der Waals surface area (Å²) in [7, 11) is 0. The van der Waals surface area contributed by atoms with Crippen molar-refractivity contribution in [1.29, 1.82) is 0 Å². The van der Waals surface area contributed by atoms with Gasteiger partial charge in [0.15, 0.2) is 0 Å². The molecule has 2 rings (SSSR count). The van der Waals surface area contributed by atoms with E-state index < -0.39 is 0 Å². The van der Waals surface area contributed by atoms with Crippen LogP contribution in [0.1, 0.15) is 31.2 Å². The van der Waals surface area contributed by atoms with Crippen LogP contribution < -0.4 is 0 Å². The molecule has 0 spiro atoms. The van der Waals surface area contributed by atoms with Crippen LogP contribution >= 0.6 is 15.9 Å². The molecule has 17 heavy (non-hydrogen) atoms. The van der Waals surface area contributed by atoms with E-state index in [9.17, 15) is 10.2 Å². The summed E-state index contributed by atoms with van der Waals surface area (Å²) >= 11 is 3.36. The topological polar surface area (TPSA) is 52.8 Å². The standard InChI is InChI=1S/C13H16BrNO2/c14-10-1-6-13(17)9(7-10)8-15-11-2-4-12(16)5-3-11/h1,6-8,11-12,16-17H,2-5H2. The molecule has 0 aromatic heterocycles. The Bertz CT molecular complexity index is 412. The molecule has 1 aromatic rings. The number of aliphatic hydroxyl groups is 1. The normalized spacial score (nSPS) is 25.3. The molecule has 3 nitrogen and oxygen atoms in total. The third-order valence-electron chi connectivity index (χ3n) is 3.08. The van der Waals surface area contributed by atoms with Gasteiger partial charge >= 0.3 is 0 Å². The van der Waals surface area contributed by atoms with Crippen molar-refractivity contribution in [2.75, 3.05) is 0 Å². The van der Waals surface area contributed by atoms with Crippen molar-refractivity contribution in [2.24, 2.45) is 4.99 Å². The maximum Gasteiger partial charge on any atom is 0.124 e. The molecule has 0 aliphatic heterocycles. The quantitative estimate of drug-likeness (QED) is 0.825. The lowest BCUT2D eigenvalue weighted by atomic mass is 9.93. The smallest absolute Gasteiger partial charge is 0.124 e. The van der Waals surface area contributed by atoms with Gasteiger partial charge in [-0.25, -0.2) is 0 Å². The molecule has 1 aliphatic carbocycles. The van der Waals surface area contributed by atoms with E-state index in [1.165, 1.54) is 0 Å². The predicted molar refractivity (Wildman–Crippen MR) is 71.7 cm³/mol. The summed E-state index contributed by atoms with van der Waals surface area (Å²) in [5, 5.41) is 19.0. The molecule has 0 amide bonds. The molecule has 0 heterocycles. The second kappa shape index (κ2) is 5.65. The molecular weight excluding hydrogens is 282 g/mol. The average Bonchev–Trinajstić information content (AvgIpc) is 2.32. The van der Waals surface area contributed by atoms with Crippen LogP contribution in [0.25, 0.3) is 0 Å². The average molecular weight is 298 g/mol. The summed E-state index contributed by atoms with van der Waals surface area (Å²) in [5.41, 5.74) is 0.727. The molecule has 1 aromatic carbocycles. The van der Waals surface area contributed by atoms with E-state index in [1.807, 2.05) is 6.07 Å². The minimum absolute atomic E-state index is 0.152. The third kappa shape index (κ3) is 3.54. The molecule has 92 valence electrons. The Morgan fingerprint density at radius 1 is 1.24 bits per heavy atom. The van der Waals surface area contributed by atoms with Crippen molar-refractivity contribution < 1.29 is 10.2 Å².